The largest absolute Gasteiger partial charge is 0.380 e. The number of amides is 2. The fraction of sp³-hybridized carbons (Fsp3) is 0.923. The number of rotatable bonds is 1. The first-order valence-corrected chi connectivity index (χ1v) is 6.77. The highest BCUT2D eigenvalue weighted by molar-refractivity contribution is 5.74. The number of likely N-dealkylation sites (tertiary alicyclic amines) is 2. The minimum absolute atomic E-state index is 0.221. The molecule has 0 aromatic carbocycles. The van der Waals surface area contributed by atoms with Crippen LogP contribution in [0, 0.1) is 5.92 Å². The predicted molar refractivity (Wildman–Crippen MR) is 67.0 cm³/mol. The third-order valence-electron chi connectivity index (χ3n) is 3.91. The van der Waals surface area contributed by atoms with Gasteiger partial charge >= 0.3 is 6.03 Å². The number of hydrogen-bond donors (Lipinski definition) is 0. The van der Waals surface area contributed by atoms with Crippen molar-refractivity contribution in [1.82, 2.24) is 9.80 Å². The van der Waals surface area contributed by atoms with Crippen molar-refractivity contribution in [2.75, 3.05) is 33.3 Å². The second-order valence-corrected chi connectivity index (χ2v) is 5.42. The van der Waals surface area contributed by atoms with E-state index in [-0.39, 0.29) is 12.1 Å². The van der Waals surface area contributed by atoms with E-state index in [1.54, 1.807) is 7.11 Å². The van der Waals surface area contributed by atoms with Gasteiger partial charge in [-0.25, -0.2) is 4.79 Å². The van der Waals surface area contributed by atoms with Gasteiger partial charge in [0, 0.05) is 33.3 Å². The van der Waals surface area contributed by atoms with Crippen LogP contribution in [0.25, 0.3) is 0 Å². The molecule has 0 aromatic heterocycles. The summed E-state index contributed by atoms with van der Waals surface area (Å²) >= 11 is 0. The molecule has 2 unspecified atom stereocenters. The number of ether oxygens (including phenoxy) is 1. The molecular weight excluding hydrogens is 216 g/mol. The van der Waals surface area contributed by atoms with E-state index in [0.29, 0.717) is 5.92 Å². The molecule has 0 bridgehead atoms. The molecule has 2 atom stereocenters. The number of piperidine rings is 2. The van der Waals surface area contributed by atoms with Crippen LogP contribution in [0.3, 0.4) is 0 Å². The highest BCUT2D eigenvalue weighted by atomic mass is 16.5. The highest BCUT2D eigenvalue weighted by Gasteiger charge is 2.29. The van der Waals surface area contributed by atoms with Gasteiger partial charge < -0.3 is 14.5 Å². The number of hydrogen-bond acceptors (Lipinski definition) is 2. The summed E-state index contributed by atoms with van der Waals surface area (Å²) in [5.41, 5.74) is 0. The maximum atomic E-state index is 12.4. The van der Waals surface area contributed by atoms with E-state index in [2.05, 4.69) is 6.92 Å². The zero-order valence-corrected chi connectivity index (χ0v) is 11.0. The minimum atomic E-state index is 0.221. The van der Waals surface area contributed by atoms with Crippen LogP contribution in [0.2, 0.25) is 0 Å². The zero-order valence-electron chi connectivity index (χ0n) is 11.0. The SMILES string of the molecule is COC1CCCN(C(=O)N2CCCC(C)C2)C1. The van der Waals surface area contributed by atoms with Crippen molar-refractivity contribution in [3.8, 4) is 0 Å². The Morgan fingerprint density at radius 1 is 1.12 bits per heavy atom. The van der Waals surface area contributed by atoms with Gasteiger partial charge in [-0.3, -0.25) is 0 Å². The predicted octanol–water partition coefficient (Wildman–Crippen LogP) is 1.95. The molecule has 2 heterocycles. The molecule has 0 spiro atoms. The van der Waals surface area contributed by atoms with Gasteiger partial charge in [0.25, 0.3) is 0 Å². The standard InChI is InChI=1S/C13H24N2O2/c1-11-5-3-7-14(9-11)13(16)15-8-4-6-12(10-15)17-2/h11-12H,3-10H2,1-2H3. The Hall–Kier alpha value is -0.770. The fourth-order valence-corrected chi connectivity index (χ4v) is 2.87. The van der Waals surface area contributed by atoms with Crippen LogP contribution < -0.4 is 0 Å². The number of methoxy groups -OCH3 is 1. The van der Waals surface area contributed by atoms with Crippen LogP contribution in [-0.4, -0.2) is 55.2 Å². The van der Waals surface area contributed by atoms with E-state index in [0.717, 1.165) is 45.4 Å². The molecule has 0 N–H and O–H groups in total. The molecule has 0 radical (unpaired) electrons. The monoisotopic (exact) mass is 240 g/mol. The summed E-state index contributed by atoms with van der Waals surface area (Å²) in [7, 11) is 1.74. The third-order valence-corrected chi connectivity index (χ3v) is 3.91. The summed E-state index contributed by atoms with van der Waals surface area (Å²) in [6, 6.07) is 0.221. The molecule has 2 aliphatic heterocycles. The van der Waals surface area contributed by atoms with Crippen molar-refractivity contribution in [2.24, 2.45) is 5.92 Å². The zero-order chi connectivity index (χ0) is 12.3. The first-order chi connectivity index (χ1) is 8.20. The normalized spacial score (nSPS) is 30.5. The van der Waals surface area contributed by atoms with Gasteiger partial charge in [-0.1, -0.05) is 6.92 Å². The molecule has 2 rings (SSSR count). The van der Waals surface area contributed by atoms with E-state index >= 15 is 0 Å². The smallest absolute Gasteiger partial charge is 0.320 e. The number of carbonyl (C=O) groups is 1. The Bertz CT molecular complexity index is 270. The van der Waals surface area contributed by atoms with Crippen LogP contribution in [0.15, 0.2) is 0 Å². The first kappa shape index (κ1) is 12.7. The summed E-state index contributed by atoms with van der Waals surface area (Å²) in [6.07, 6.45) is 4.78. The summed E-state index contributed by atoms with van der Waals surface area (Å²) in [5.74, 6) is 0.649. The average Bonchev–Trinajstić information content (AvgIpc) is 2.38. The first-order valence-electron chi connectivity index (χ1n) is 6.77. The van der Waals surface area contributed by atoms with E-state index in [4.69, 9.17) is 4.74 Å². The lowest BCUT2D eigenvalue weighted by molar-refractivity contribution is 0.0337. The van der Waals surface area contributed by atoms with Gasteiger partial charge in [-0.2, -0.15) is 0 Å². The van der Waals surface area contributed by atoms with Crippen molar-refractivity contribution in [1.29, 1.82) is 0 Å². The average molecular weight is 240 g/mol. The highest BCUT2D eigenvalue weighted by Crippen LogP contribution is 2.19. The molecule has 0 saturated carbocycles. The molecule has 4 heteroatoms. The van der Waals surface area contributed by atoms with Crippen LogP contribution in [0.4, 0.5) is 4.79 Å². The van der Waals surface area contributed by atoms with Crippen LogP contribution in [0.1, 0.15) is 32.6 Å². The maximum Gasteiger partial charge on any atom is 0.320 e. The van der Waals surface area contributed by atoms with Gasteiger partial charge in [0.15, 0.2) is 0 Å². The van der Waals surface area contributed by atoms with Crippen LogP contribution >= 0.6 is 0 Å². The van der Waals surface area contributed by atoms with E-state index in [1.165, 1.54) is 6.42 Å². The second-order valence-electron chi connectivity index (χ2n) is 5.42. The summed E-state index contributed by atoms with van der Waals surface area (Å²) in [5, 5.41) is 0. The topological polar surface area (TPSA) is 32.8 Å². The lowest BCUT2D eigenvalue weighted by Crippen LogP contribution is -2.51. The van der Waals surface area contributed by atoms with Crippen molar-refractivity contribution >= 4 is 6.03 Å². The van der Waals surface area contributed by atoms with Crippen LogP contribution in [-0.2, 0) is 4.74 Å². The van der Waals surface area contributed by atoms with Crippen LogP contribution in [0.5, 0.6) is 0 Å². The molecule has 17 heavy (non-hydrogen) atoms. The summed E-state index contributed by atoms with van der Waals surface area (Å²) in [4.78, 5) is 16.3. The van der Waals surface area contributed by atoms with Gasteiger partial charge in [-0.15, -0.1) is 0 Å². The lowest BCUT2D eigenvalue weighted by atomic mass is 10.0. The third kappa shape index (κ3) is 3.12. The van der Waals surface area contributed by atoms with Gasteiger partial charge in [0.2, 0.25) is 0 Å². The maximum absolute atomic E-state index is 12.4. The Kier molecular flexibility index (Phi) is 4.26. The van der Waals surface area contributed by atoms with Crippen molar-refractivity contribution in [3.05, 3.63) is 0 Å². The molecule has 2 fully saturated rings. The molecule has 2 amide bonds. The second kappa shape index (κ2) is 5.71. The minimum Gasteiger partial charge on any atom is -0.380 e. The summed E-state index contributed by atoms with van der Waals surface area (Å²) in [6.45, 7) is 5.74. The lowest BCUT2D eigenvalue weighted by Gasteiger charge is -2.38. The molecule has 2 aliphatic rings. The molecule has 4 nitrogen and oxygen atoms in total. The van der Waals surface area contributed by atoms with Crippen molar-refractivity contribution in [3.63, 3.8) is 0 Å². The van der Waals surface area contributed by atoms with E-state index in [9.17, 15) is 4.79 Å². The Labute approximate surface area is 104 Å². The molecule has 0 aliphatic carbocycles. The Balaban J connectivity index is 1.89. The molecular formula is C13H24N2O2. The Morgan fingerprint density at radius 2 is 1.76 bits per heavy atom. The van der Waals surface area contributed by atoms with Gasteiger partial charge in [-0.05, 0) is 31.6 Å². The Morgan fingerprint density at radius 3 is 2.41 bits per heavy atom. The van der Waals surface area contributed by atoms with E-state index in [1.807, 2.05) is 9.80 Å². The molecule has 98 valence electrons. The van der Waals surface area contributed by atoms with Crippen molar-refractivity contribution in [2.45, 2.75) is 38.7 Å². The number of carbonyl (C=O) groups excluding carboxylic acids is 1. The van der Waals surface area contributed by atoms with Crippen molar-refractivity contribution < 1.29 is 9.53 Å². The molecule has 2 saturated heterocycles. The van der Waals surface area contributed by atoms with Gasteiger partial charge in [0.1, 0.15) is 0 Å². The quantitative estimate of drug-likeness (QED) is 0.702. The fourth-order valence-electron chi connectivity index (χ4n) is 2.87. The van der Waals surface area contributed by atoms with E-state index < -0.39 is 0 Å². The van der Waals surface area contributed by atoms with Gasteiger partial charge in [0.05, 0.1) is 6.10 Å². The summed E-state index contributed by atoms with van der Waals surface area (Å²) < 4.78 is 5.37. The number of urea groups is 1. The number of nitrogens with zero attached hydrogens (tertiary/aromatic N) is 2. The molecule has 0 aromatic rings.